The van der Waals surface area contributed by atoms with E-state index in [0.29, 0.717) is 17.2 Å². The first-order chi connectivity index (χ1) is 8.13. The Hall–Kier alpha value is -0.230. The molecule has 98 valence electrons. The second-order valence-corrected chi connectivity index (χ2v) is 5.71. The molecule has 2 unspecified atom stereocenters. The van der Waals surface area contributed by atoms with Gasteiger partial charge in [-0.15, -0.1) is 0 Å². The Labute approximate surface area is 109 Å². The largest absolute Gasteiger partial charge is 0.392 e. The summed E-state index contributed by atoms with van der Waals surface area (Å²) in [7, 11) is 0. The zero-order valence-corrected chi connectivity index (χ0v) is 11.4. The van der Waals surface area contributed by atoms with Gasteiger partial charge in [-0.1, -0.05) is 12.2 Å². The monoisotopic (exact) mass is 257 g/mol. The first-order valence-electron chi connectivity index (χ1n) is 6.52. The van der Waals surface area contributed by atoms with Crippen LogP contribution in [0.25, 0.3) is 0 Å². The first-order valence-corrected chi connectivity index (χ1v) is 6.93. The molecule has 0 amide bonds. The molecule has 2 N–H and O–H groups in total. The van der Waals surface area contributed by atoms with Gasteiger partial charge in [-0.3, -0.25) is 9.80 Å². The van der Waals surface area contributed by atoms with Crippen LogP contribution in [-0.4, -0.2) is 66.3 Å². The summed E-state index contributed by atoms with van der Waals surface area (Å²) in [6.45, 7) is 8.37. The van der Waals surface area contributed by atoms with Crippen LogP contribution in [0, 0.1) is 0 Å². The molecule has 4 nitrogen and oxygen atoms in total. The fourth-order valence-electron chi connectivity index (χ4n) is 2.66. The second-order valence-electron chi connectivity index (χ2n) is 5.19. The molecule has 0 saturated carbocycles. The molecule has 5 heteroatoms. The molecule has 0 aromatic rings. The molecule has 0 aliphatic carbocycles. The molecule has 2 atom stereocenters. The van der Waals surface area contributed by atoms with E-state index in [1.807, 2.05) is 0 Å². The van der Waals surface area contributed by atoms with Gasteiger partial charge in [-0.25, -0.2) is 0 Å². The predicted molar refractivity (Wildman–Crippen MR) is 73.2 cm³/mol. The van der Waals surface area contributed by atoms with Crippen LogP contribution in [0.3, 0.4) is 0 Å². The van der Waals surface area contributed by atoms with E-state index in [4.69, 9.17) is 22.7 Å². The Morgan fingerprint density at radius 2 is 1.88 bits per heavy atom. The Morgan fingerprint density at radius 1 is 1.24 bits per heavy atom. The molecule has 0 radical (unpaired) electrons. The van der Waals surface area contributed by atoms with Crippen molar-refractivity contribution >= 4 is 17.2 Å². The van der Waals surface area contributed by atoms with Crippen LogP contribution in [0.4, 0.5) is 0 Å². The quantitative estimate of drug-likeness (QED) is 0.741. The van der Waals surface area contributed by atoms with Crippen molar-refractivity contribution in [3.8, 4) is 0 Å². The van der Waals surface area contributed by atoms with Crippen LogP contribution in [0.1, 0.15) is 19.8 Å². The third-order valence-corrected chi connectivity index (χ3v) is 3.76. The van der Waals surface area contributed by atoms with Crippen LogP contribution in [0.2, 0.25) is 0 Å². The Bertz CT molecular complexity index is 266. The van der Waals surface area contributed by atoms with Gasteiger partial charge in [0.25, 0.3) is 0 Å². The van der Waals surface area contributed by atoms with Crippen molar-refractivity contribution in [2.45, 2.75) is 32.0 Å². The Morgan fingerprint density at radius 3 is 2.41 bits per heavy atom. The number of nitrogens with zero attached hydrogens (tertiary/aromatic N) is 2. The molecule has 2 saturated heterocycles. The first kappa shape index (κ1) is 13.2. The number of ether oxygens (including phenoxy) is 1. The van der Waals surface area contributed by atoms with Gasteiger partial charge in [-0.2, -0.15) is 0 Å². The predicted octanol–water partition coefficient (Wildman–Crippen LogP) is 0.458. The lowest BCUT2D eigenvalue weighted by Crippen LogP contribution is -2.50. The van der Waals surface area contributed by atoms with Gasteiger partial charge in [-0.05, 0) is 19.8 Å². The fraction of sp³-hybridized carbons (Fsp3) is 0.917. The summed E-state index contributed by atoms with van der Waals surface area (Å²) in [6.07, 6.45) is 3.34. The highest BCUT2D eigenvalue weighted by atomic mass is 32.1. The lowest BCUT2D eigenvalue weighted by atomic mass is 10.2. The maximum atomic E-state index is 5.86. The maximum absolute atomic E-state index is 5.86. The van der Waals surface area contributed by atoms with E-state index in [-0.39, 0.29) is 0 Å². The topological polar surface area (TPSA) is 41.7 Å². The minimum atomic E-state index is 0.451. The average Bonchev–Trinajstić information content (AvgIpc) is 2.66. The van der Waals surface area contributed by atoms with Crippen molar-refractivity contribution in [1.29, 1.82) is 0 Å². The maximum Gasteiger partial charge on any atom is 0.0870 e. The van der Waals surface area contributed by atoms with Gasteiger partial charge in [0, 0.05) is 39.3 Å². The fourth-order valence-corrected chi connectivity index (χ4v) is 2.84. The summed E-state index contributed by atoms with van der Waals surface area (Å²) in [6, 6.07) is 0. The van der Waals surface area contributed by atoms with Crippen LogP contribution >= 0.6 is 12.2 Å². The number of thiocarbonyl (C=S) groups is 1. The molecule has 0 aromatic heterocycles. The van der Waals surface area contributed by atoms with Gasteiger partial charge in [0.2, 0.25) is 0 Å². The molecule has 2 heterocycles. The molecule has 0 bridgehead atoms. The number of hydrogen-bond donors (Lipinski definition) is 1. The van der Waals surface area contributed by atoms with Crippen molar-refractivity contribution in [1.82, 2.24) is 9.80 Å². The highest BCUT2D eigenvalue weighted by Gasteiger charge is 2.25. The van der Waals surface area contributed by atoms with E-state index in [9.17, 15) is 0 Å². The van der Waals surface area contributed by atoms with Crippen LogP contribution in [0.15, 0.2) is 0 Å². The van der Waals surface area contributed by atoms with E-state index < -0.39 is 0 Å². The summed E-state index contributed by atoms with van der Waals surface area (Å²) in [4.78, 5) is 5.43. The van der Waals surface area contributed by atoms with Gasteiger partial charge in [0.05, 0.1) is 17.2 Å². The molecule has 0 spiro atoms. The van der Waals surface area contributed by atoms with Gasteiger partial charge in [0.1, 0.15) is 0 Å². The van der Waals surface area contributed by atoms with Gasteiger partial charge >= 0.3 is 0 Å². The molecule has 2 rings (SSSR count). The summed E-state index contributed by atoms with van der Waals surface area (Å²) >= 11 is 4.94. The normalized spacial score (nSPS) is 31.8. The van der Waals surface area contributed by atoms with E-state index in [1.54, 1.807) is 0 Å². The summed E-state index contributed by atoms with van der Waals surface area (Å²) in [5.41, 5.74) is 5.56. The van der Waals surface area contributed by atoms with Crippen molar-refractivity contribution in [2.24, 2.45) is 5.73 Å². The average molecular weight is 257 g/mol. The minimum absolute atomic E-state index is 0.451. The number of nitrogens with two attached hydrogens (primary N) is 1. The lowest BCUT2D eigenvalue weighted by Gasteiger charge is -2.35. The van der Waals surface area contributed by atoms with E-state index in [1.165, 1.54) is 12.8 Å². The molecule has 17 heavy (non-hydrogen) atoms. The van der Waals surface area contributed by atoms with Crippen molar-refractivity contribution in [3.05, 3.63) is 0 Å². The molecular formula is C12H23N3OS. The number of hydrogen-bond acceptors (Lipinski definition) is 4. The molecule has 2 fully saturated rings. The SMILES string of the molecule is CC1CCC(CN2CCN(CC(N)=S)CC2)O1. The lowest BCUT2D eigenvalue weighted by molar-refractivity contribution is 0.0207. The highest BCUT2D eigenvalue weighted by Crippen LogP contribution is 2.20. The smallest absolute Gasteiger partial charge is 0.0870 e. The Kier molecular flexibility index (Phi) is 4.73. The molecular weight excluding hydrogens is 234 g/mol. The summed E-state index contributed by atoms with van der Waals surface area (Å²) in [5.74, 6) is 0. The second kappa shape index (κ2) is 6.09. The molecule has 2 aliphatic heterocycles. The van der Waals surface area contributed by atoms with E-state index in [0.717, 1.165) is 39.3 Å². The summed E-state index contributed by atoms with van der Waals surface area (Å²) in [5, 5.41) is 0. The van der Waals surface area contributed by atoms with Crippen molar-refractivity contribution in [3.63, 3.8) is 0 Å². The van der Waals surface area contributed by atoms with E-state index >= 15 is 0 Å². The van der Waals surface area contributed by atoms with Crippen LogP contribution < -0.4 is 5.73 Å². The zero-order valence-electron chi connectivity index (χ0n) is 10.6. The zero-order chi connectivity index (χ0) is 12.3. The number of piperazine rings is 1. The van der Waals surface area contributed by atoms with Crippen molar-refractivity contribution in [2.75, 3.05) is 39.3 Å². The third-order valence-electron chi connectivity index (χ3n) is 3.63. The highest BCUT2D eigenvalue weighted by molar-refractivity contribution is 7.80. The summed E-state index contributed by atoms with van der Waals surface area (Å²) < 4.78 is 5.86. The van der Waals surface area contributed by atoms with Crippen molar-refractivity contribution < 1.29 is 4.74 Å². The standard InChI is InChI=1S/C12H23N3OS/c1-10-2-3-11(16-10)8-14-4-6-15(7-5-14)9-12(13)17/h10-11H,2-9H2,1H3,(H2,13,17). The number of rotatable bonds is 4. The van der Waals surface area contributed by atoms with E-state index in [2.05, 4.69) is 16.7 Å². The Balaban J connectivity index is 1.67. The third kappa shape index (κ3) is 4.17. The van der Waals surface area contributed by atoms with Gasteiger partial charge in [0.15, 0.2) is 0 Å². The van der Waals surface area contributed by atoms with Crippen LogP contribution in [-0.2, 0) is 4.74 Å². The van der Waals surface area contributed by atoms with Crippen LogP contribution in [0.5, 0.6) is 0 Å². The minimum Gasteiger partial charge on any atom is -0.392 e. The molecule has 0 aromatic carbocycles. The molecule has 2 aliphatic rings. The van der Waals surface area contributed by atoms with Gasteiger partial charge < -0.3 is 10.5 Å².